The number of hydrogen-bond acceptors (Lipinski definition) is 5. The molecule has 0 saturated heterocycles. The SMILES string of the molecule is COc1ccc(CC(=O)O)c(OCc2cc(-c3cccc(CN)c3)c3occc3c2F)c1. The molecule has 6 nitrogen and oxygen atoms in total. The van der Waals surface area contributed by atoms with Crippen LogP contribution in [0.25, 0.3) is 22.1 Å². The van der Waals surface area contributed by atoms with E-state index in [0.717, 1.165) is 16.7 Å². The Kier molecular flexibility index (Phi) is 6.09. The van der Waals surface area contributed by atoms with Crippen LogP contribution >= 0.6 is 0 Å². The van der Waals surface area contributed by atoms with Gasteiger partial charge in [0.05, 0.1) is 25.2 Å². The predicted molar refractivity (Wildman–Crippen MR) is 118 cm³/mol. The highest BCUT2D eigenvalue weighted by Crippen LogP contribution is 2.35. The van der Waals surface area contributed by atoms with Gasteiger partial charge in [-0.15, -0.1) is 0 Å². The van der Waals surface area contributed by atoms with Crippen molar-refractivity contribution in [2.75, 3.05) is 7.11 Å². The number of fused-ring (bicyclic) bond motifs is 1. The molecule has 0 aliphatic rings. The highest BCUT2D eigenvalue weighted by molar-refractivity contribution is 5.93. The van der Waals surface area contributed by atoms with Gasteiger partial charge in [0.2, 0.25) is 0 Å². The zero-order valence-electron chi connectivity index (χ0n) is 17.4. The summed E-state index contributed by atoms with van der Waals surface area (Å²) in [6.45, 7) is 0.283. The van der Waals surface area contributed by atoms with E-state index < -0.39 is 11.8 Å². The lowest BCUT2D eigenvalue weighted by Crippen LogP contribution is -2.06. The molecule has 0 fully saturated rings. The molecule has 0 spiro atoms. The fourth-order valence-electron chi connectivity index (χ4n) is 3.61. The zero-order chi connectivity index (χ0) is 22.7. The average molecular weight is 435 g/mol. The van der Waals surface area contributed by atoms with Gasteiger partial charge >= 0.3 is 5.97 Å². The monoisotopic (exact) mass is 435 g/mol. The van der Waals surface area contributed by atoms with Crippen LogP contribution in [0.5, 0.6) is 11.5 Å². The molecule has 32 heavy (non-hydrogen) atoms. The smallest absolute Gasteiger partial charge is 0.307 e. The topological polar surface area (TPSA) is 94.9 Å². The fraction of sp³-hybridized carbons (Fsp3) is 0.160. The Hall–Kier alpha value is -3.84. The van der Waals surface area contributed by atoms with Crippen molar-refractivity contribution in [3.8, 4) is 22.6 Å². The summed E-state index contributed by atoms with van der Waals surface area (Å²) in [5.74, 6) is -0.604. The average Bonchev–Trinajstić information content (AvgIpc) is 3.29. The lowest BCUT2D eigenvalue weighted by atomic mass is 9.98. The number of carboxylic acids is 1. The third-order valence-corrected chi connectivity index (χ3v) is 5.22. The van der Waals surface area contributed by atoms with Gasteiger partial charge in [0.25, 0.3) is 0 Å². The van der Waals surface area contributed by atoms with Crippen LogP contribution < -0.4 is 15.2 Å². The number of carboxylic acid groups (broad SMARTS) is 1. The second kappa shape index (κ2) is 9.11. The van der Waals surface area contributed by atoms with Crippen LogP contribution in [-0.4, -0.2) is 18.2 Å². The minimum atomic E-state index is -0.993. The highest BCUT2D eigenvalue weighted by Gasteiger charge is 2.18. The molecule has 3 N–H and O–H groups in total. The second-order valence-corrected chi connectivity index (χ2v) is 7.30. The van der Waals surface area contributed by atoms with E-state index in [1.54, 1.807) is 30.3 Å². The number of nitrogens with two attached hydrogens (primary N) is 1. The Labute approximate surface area is 184 Å². The van der Waals surface area contributed by atoms with Crippen LogP contribution in [0.15, 0.2) is 65.3 Å². The quantitative estimate of drug-likeness (QED) is 0.408. The number of ether oxygens (including phenoxy) is 2. The molecule has 0 aliphatic heterocycles. The Morgan fingerprint density at radius 1 is 1.12 bits per heavy atom. The van der Waals surface area contributed by atoms with Crippen molar-refractivity contribution >= 4 is 16.9 Å². The Morgan fingerprint density at radius 2 is 1.97 bits per heavy atom. The first-order valence-corrected chi connectivity index (χ1v) is 9.99. The van der Waals surface area contributed by atoms with E-state index in [9.17, 15) is 9.90 Å². The van der Waals surface area contributed by atoms with Gasteiger partial charge in [0.15, 0.2) is 0 Å². The number of aliphatic carboxylic acids is 1. The van der Waals surface area contributed by atoms with Crippen molar-refractivity contribution in [2.24, 2.45) is 5.73 Å². The summed E-state index contributed by atoms with van der Waals surface area (Å²) in [6.07, 6.45) is 1.22. The predicted octanol–water partition coefficient (Wildman–Crippen LogP) is 4.91. The maximum absolute atomic E-state index is 15.2. The van der Waals surface area contributed by atoms with Crippen molar-refractivity contribution in [3.63, 3.8) is 0 Å². The normalized spacial score (nSPS) is 11.0. The Balaban J connectivity index is 1.73. The van der Waals surface area contributed by atoms with Crippen LogP contribution in [0.4, 0.5) is 4.39 Å². The molecule has 0 amide bonds. The minimum absolute atomic E-state index is 0.101. The second-order valence-electron chi connectivity index (χ2n) is 7.30. The number of hydrogen-bond donors (Lipinski definition) is 2. The van der Waals surface area contributed by atoms with Gasteiger partial charge in [-0.1, -0.05) is 24.3 Å². The molecular weight excluding hydrogens is 413 g/mol. The third-order valence-electron chi connectivity index (χ3n) is 5.22. The van der Waals surface area contributed by atoms with E-state index in [1.807, 2.05) is 24.3 Å². The molecule has 3 aromatic carbocycles. The van der Waals surface area contributed by atoms with Gasteiger partial charge in [0, 0.05) is 29.3 Å². The molecule has 7 heteroatoms. The van der Waals surface area contributed by atoms with Gasteiger partial charge in [-0.2, -0.15) is 0 Å². The number of furan rings is 1. The summed E-state index contributed by atoms with van der Waals surface area (Å²) in [4.78, 5) is 11.2. The molecular formula is C25H22FNO5. The van der Waals surface area contributed by atoms with E-state index >= 15 is 4.39 Å². The van der Waals surface area contributed by atoms with Gasteiger partial charge in [-0.25, -0.2) is 4.39 Å². The minimum Gasteiger partial charge on any atom is -0.497 e. The summed E-state index contributed by atoms with van der Waals surface area (Å²) in [5.41, 5.74) is 9.51. The van der Waals surface area contributed by atoms with Crippen molar-refractivity contribution in [1.82, 2.24) is 0 Å². The molecule has 1 aromatic heterocycles. The van der Waals surface area contributed by atoms with Gasteiger partial charge in [0.1, 0.15) is 29.5 Å². The summed E-state index contributed by atoms with van der Waals surface area (Å²) >= 11 is 0. The zero-order valence-corrected chi connectivity index (χ0v) is 17.4. The van der Waals surface area contributed by atoms with Crippen LogP contribution in [-0.2, 0) is 24.4 Å². The maximum Gasteiger partial charge on any atom is 0.307 e. The van der Waals surface area contributed by atoms with E-state index in [4.69, 9.17) is 19.6 Å². The number of halogens is 1. The highest BCUT2D eigenvalue weighted by atomic mass is 19.1. The van der Waals surface area contributed by atoms with Crippen molar-refractivity contribution in [1.29, 1.82) is 0 Å². The number of benzene rings is 3. The first-order chi connectivity index (χ1) is 15.5. The first kappa shape index (κ1) is 21.4. The molecule has 1 heterocycles. The van der Waals surface area contributed by atoms with Gasteiger partial charge in [-0.05, 0) is 35.4 Å². The molecule has 0 saturated carbocycles. The van der Waals surface area contributed by atoms with Crippen LogP contribution in [0, 0.1) is 5.82 Å². The number of rotatable bonds is 8. The van der Waals surface area contributed by atoms with Crippen LogP contribution in [0.3, 0.4) is 0 Å². The molecule has 0 radical (unpaired) electrons. The molecule has 0 aliphatic carbocycles. The lowest BCUT2D eigenvalue weighted by Gasteiger charge is -2.14. The number of methoxy groups -OCH3 is 1. The number of carbonyl (C=O) groups is 1. The Morgan fingerprint density at radius 3 is 2.72 bits per heavy atom. The lowest BCUT2D eigenvalue weighted by molar-refractivity contribution is -0.136. The molecule has 4 aromatic rings. The summed E-state index contributed by atoms with van der Waals surface area (Å²) < 4.78 is 31.9. The van der Waals surface area contributed by atoms with Crippen molar-refractivity contribution in [3.05, 3.63) is 83.4 Å². The molecule has 0 bridgehead atoms. The van der Waals surface area contributed by atoms with E-state index in [-0.39, 0.29) is 13.0 Å². The Bertz CT molecular complexity index is 1280. The molecule has 164 valence electrons. The third kappa shape index (κ3) is 4.29. The van der Waals surface area contributed by atoms with E-state index in [1.165, 1.54) is 13.4 Å². The van der Waals surface area contributed by atoms with Crippen LogP contribution in [0.1, 0.15) is 16.7 Å². The largest absolute Gasteiger partial charge is 0.497 e. The molecule has 4 rings (SSSR count). The fourth-order valence-corrected chi connectivity index (χ4v) is 3.61. The molecule has 0 atom stereocenters. The standard InChI is InChI=1S/C25H22FNO5/c1-30-19-6-5-17(11-23(28)29)22(12-19)32-14-18-10-21(16-4-2-3-15(9-16)13-27)25-20(24(18)26)7-8-31-25/h2-10,12H,11,13-14,27H2,1H3,(H,28,29). The molecule has 0 unspecified atom stereocenters. The van der Waals surface area contributed by atoms with Crippen molar-refractivity contribution < 1.29 is 28.2 Å². The summed E-state index contributed by atoms with van der Waals surface area (Å²) in [6, 6.07) is 15.8. The van der Waals surface area contributed by atoms with E-state index in [2.05, 4.69) is 0 Å². The maximum atomic E-state index is 15.2. The summed E-state index contributed by atoms with van der Waals surface area (Å²) in [7, 11) is 1.50. The van der Waals surface area contributed by atoms with E-state index in [0.29, 0.717) is 40.1 Å². The van der Waals surface area contributed by atoms with Crippen LogP contribution in [0.2, 0.25) is 0 Å². The van der Waals surface area contributed by atoms with Gasteiger partial charge < -0.3 is 24.7 Å². The van der Waals surface area contributed by atoms with Gasteiger partial charge in [-0.3, -0.25) is 4.79 Å². The van der Waals surface area contributed by atoms with Crippen molar-refractivity contribution in [2.45, 2.75) is 19.6 Å². The summed E-state index contributed by atoms with van der Waals surface area (Å²) in [5, 5.41) is 9.52. The first-order valence-electron chi connectivity index (χ1n) is 9.99.